The highest BCUT2D eigenvalue weighted by atomic mass is 32.2. The Morgan fingerprint density at radius 2 is 1.94 bits per heavy atom. The second-order valence-corrected chi connectivity index (χ2v) is 9.46. The van der Waals surface area contributed by atoms with Crippen molar-refractivity contribution in [1.82, 2.24) is 14.2 Å². The largest absolute Gasteiger partial charge is 0.454 e. The minimum atomic E-state index is -3.57. The molecule has 0 radical (unpaired) electrons. The van der Waals surface area contributed by atoms with Gasteiger partial charge in [0.15, 0.2) is 11.5 Å². The zero-order valence-corrected chi connectivity index (χ0v) is 18.1. The molecule has 4 rings (SSSR count). The molecule has 3 aromatic rings. The average Bonchev–Trinajstić information content (AvgIpc) is 3.36. The molecule has 1 N–H and O–H groups in total. The highest BCUT2D eigenvalue weighted by Crippen LogP contribution is 2.32. The summed E-state index contributed by atoms with van der Waals surface area (Å²) in [5.74, 6) is 1.07. The topological polar surface area (TPSA) is 89.9 Å². The van der Waals surface area contributed by atoms with E-state index in [0.717, 1.165) is 15.4 Å². The first-order chi connectivity index (χ1) is 14.8. The molecule has 0 fully saturated rings. The summed E-state index contributed by atoms with van der Waals surface area (Å²) < 4.78 is 38.6. The van der Waals surface area contributed by atoms with E-state index in [1.54, 1.807) is 30.3 Å². The van der Waals surface area contributed by atoms with Crippen LogP contribution in [0.5, 0.6) is 11.5 Å². The summed E-state index contributed by atoms with van der Waals surface area (Å²) in [7, 11) is -0.607. The summed E-state index contributed by atoms with van der Waals surface area (Å²) in [5, 5.41) is 3.58. The van der Waals surface area contributed by atoms with Gasteiger partial charge in [-0.15, -0.1) is 6.58 Å². The number of hydrogen-bond acceptors (Lipinski definition) is 5. The lowest BCUT2D eigenvalue weighted by Crippen LogP contribution is -2.25. The van der Waals surface area contributed by atoms with Gasteiger partial charge in [0.05, 0.1) is 4.90 Å². The number of aromatic nitrogens is 1. The molecule has 8 nitrogen and oxygen atoms in total. The van der Waals surface area contributed by atoms with Crippen LogP contribution < -0.4 is 14.8 Å². The molecule has 1 aliphatic rings. The van der Waals surface area contributed by atoms with Crippen molar-refractivity contribution in [3.63, 3.8) is 0 Å². The number of rotatable bonds is 7. The molecule has 2 heterocycles. The van der Waals surface area contributed by atoms with Crippen LogP contribution in [0.3, 0.4) is 0 Å². The minimum Gasteiger partial charge on any atom is -0.454 e. The summed E-state index contributed by atoms with van der Waals surface area (Å²) >= 11 is 0. The van der Waals surface area contributed by atoms with Crippen LogP contribution in [0.25, 0.3) is 10.9 Å². The first-order valence-corrected chi connectivity index (χ1v) is 11.1. The Bertz CT molecular complexity index is 1280. The SMILES string of the molecule is C=CCn1c(C(=O)NCc2ccc3c(c2)OCO3)cc2cc(S(=O)(=O)N(C)C)ccc21. The average molecular weight is 442 g/mol. The fraction of sp³-hybridized carbons (Fsp3) is 0.227. The Morgan fingerprint density at radius 1 is 1.16 bits per heavy atom. The molecule has 1 aromatic heterocycles. The molecule has 0 saturated carbocycles. The molecular formula is C22H23N3O5S. The molecule has 0 atom stereocenters. The predicted molar refractivity (Wildman–Crippen MR) is 117 cm³/mol. The van der Waals surface area contributed by atoms with Crippen LogP contribution in [0.4, 0.5) is 0 Å². The summed E-state index contributed by atoms with van der Waals surface area (Å²) in [6.07, 6.45) is 1.69. The fourth-order valence-electron chi connectivity index (χ4n) is 3.46. The van der Waals surface area contributed by atoms with Gasteiger partial charge in [0, 0.05) is 38.1 Å². The molecule has 0 bridgehead atoms. The lowest BCUT2D eigenvalue weighted by atomic mass is 10.2. The Kier molecular flexibility index (Phi) is 5.47. The second kappa shape index (κ2) is 8.09. The zero-order chi connectivity index (χ0) is 22.2. The second-order valence-electron chi connectivity index (χ2n) is 7.31. The number of sulfonamides is 1. The number of hydrogen-bond donors (Lipinski definition) is 1. The van der Waals surface area contributed by atoms with Crippen molar-refractivity contribution in [2.75, 3.05) is 20.9 Å². The van der Waals surface area contributed by atoms with Crippen LogP contribution in [-0.2, 0) is 23.1 Å². The van der Waals surface area contributed by atoms with E-state index in [-0.39, 0.29) is 17.6 Å². The maximum Gasteiger partial charge on any atom is 0.268 e. The molecule has 0 aliphatic carbocycles. The van der Waals surface area contributed by atoms with E-state index >= 15 is 0 Å². The lowest BCUT2D eigenvalue weighted by Gasteiger charge is -2.12. The predicted octanol–water partition coefficient (Wildman–Crippen LogP) is 2.74. The van der Waals surface area contributed by atoms with E-state index in [4.69, 9.17) is 9.47 Å². The smallest absolute Gasteiger partial charge is 0.268 e. The summed E-state index contributed by atoms with van der Waals surface area (Å²) in [5.41, 5.74) is 2.06. The van der Waals surface area contributed by atoms with E-state index < -0.39 is 10.0 Å². The van der Waals surface area contributed by atoms with Crippen molar-refractivity contribution < 1.29 is 22.7 Å². The van der Waals surface area contributed by atoms with Gasteiger partial charge in [0.1, 0.15) is 5.69 Å². The number of benzene rings is 2. The highest BCUT2D eigenvalue weighted by Gasteiger charge is 2.21. The van der Waals surface area contributed by atoms with E-state index in [0.29, 0.717) is 35.7 Å². The number of carbonyl (C=O) groups excluding carboxylic acids is 1. The molecule has 0 spiro atoms. The van der Waals surface area contributed by atoms with Gasteiger partial charge in [-0.2, -0.15) is 0 Å². The Hall–Kier alpha value is -3.30. The van der Waals surface area contributed by atoms with Crippen molar-refractivity contribution in [3.05, 3.63) is 66.4 Å². The number of nitrogens with one attached hydrogen (secondary N) is 1. The van der Waals surface area contributed by atoms with Crippen molar-refractivity contribution in [2.24, 2.45) is 0 Å². The quantitative estimate of drug-likeness (QED) is 0.570. The van der Waals surface area contributed by atoms with Crippen molar-refractivity contribution in [2.45, 2.75) is 18.0 Å². The Morgan fingerprint density at radius 3 is 2.68 bits per heavy atom. The third kappa shape index (κ3) is 3.89. The van der Waals surface area contributed by atoms with Gasteiger partial charge < -0.3 is 19.4 Å². The number of amides is 1. The summed E-state index contributed by atoms with van der Waals surface area (Å²) in [6.45, 7) is 4.69. The highest BCUT2D eigenvalue weighted by molar-refractivity contribution is 7.89. The van der Waals surface area contributed by atoms with E-state index in [1.165, 1.54) is 14.1 Å². The first-order valence-electron chi connectivity index (χ1n) is 9.64. The number of allylic oxidation sites excluding steroid dienone is 1. The molecule has 162 valence electrons. The van der Waals surface area contributed by atoms with E-state index in [2.05, 4.69) is 11.9 Å². The molecule has 2 aromatic carbocycles. The van der Waals surface area contributed by atoms with Crippen LogP contribution in [0, 0.1) is 0 Å². The standard InChI is InChI=1S/C22H23N3O5S/c1-4-9-25-18-7-6-17(31(27,28)24(2)3)11-16(18)12-19(25)22(26)23-13-15-5-8-20-21(10-15)30-14-29-20/h4-8,10-12H,1,9,13-14H2,2-3H3,(H,23,26). The Labute approximate surface area is 180 Å². The molecule has 1 aliphatic heterocycles. The molecule has 0 saturated heterocycles. The Balaban J connectivity index is 1.63. The maximum atomic E-state index is 13.0. The molecule has 1 amide bonds. The van der Waals surface area contributed by atoms with Gasteiger partial charge in [-0.1, -0.05) is 12.1 Å². The number of nitrogens with zero attached hydrogens (tertiary/aromatic N) is 2. The first kappa shape index (κ1) is 21.0. The zero-order valence-electron chi connectivity index (χ0n) is 17.3. The number of ether oxygens (including phenoxy) is 2. The van der Waals surface area contributed by atoms with Gasteiger partial charge in [0.2, 0.25) is 16.8 Å². The van der Waals surface area contributed by atoms with E-state index in [1.807, 2.05) is 22.8 Å². The number of fused-ring (bicyclic) bond motifs is 2. The molecule has 0 unspecified atom stereocenters. The minimum absolute atomic E-state index is 0.174. The van der Waals surface area contributed by atoms with Crippen molar-refractivity contribution >= 4 is 26.8 Å². The van der Waals surface area contributed by atoms with Crippen LogP contribution in [0.15, 0.2) is 60.0 Å². The molecule has 9 heteroatoms. The van der Waals surface area contributed by atoms with Gasteiger partial charge >= 0.3 is 0 Å². The summed E-state index contributed by atoms with van der Waals surface area (Å²) in [4.78, 5) is 13.1. The monoisotopic (exact) mass is 441 g/mol. The third-order valence-corrected chi connectivity index (χ3v) is 6.90. The van der Waals surface area contributed by atoms with Gasteiger partial charge in [-0.05, 0) is 42.0 Å². The van der Waals surface area contributed by atoms with Crippen LogP contribution >= 0.6 is 0 Å². The normalized spacial score (nSPS) is 13.0. The molecular weight excluding hydrogens is 418 g/mol. The maximum absolute atomic E-state index is 13.0. The van der Waals surface area contributed by atoms with Crippen LogP contribution in [-0.4, -0.2) is 44.1 Å². The van der Waals surface area contributed by atoms with Crippen LogP contribution in [0.1, 0.15) is 16.1 Å². The van der Waals surface area contributed by atoms with Gasteiger partial charge in [-0.3, -0.25) is 4.79 Å². The fourth-order valence-corrected chi connectivity index (χ4v) is 4.40. The third-order valence-electron chi connectivity index (χ3n) is 5.09. The van der Waals surface area contributed by atoms with Gasteiger partial charge in [-0.25, -0.2) is 12.7 Å². The van der Waals surface area contributed by atoms with E-state index in [9.17, 15) is 13.2 Å². The van der Waals surface area contributed by atoms with Crippen molar-refractivity contribution in [3.8, 4) is 11.5 Å². The van der Waals surface area contributed by atoms with Gasteiger partial charge in [0.25, 0.3) is 5.91 Å². The van der Waals surface area contributed by atoms with Crippen molar-refractivity contribution in [1.29, 1.82) is 0 Å². The molecule has 31 heavy (non-hydrogen) atoms. The van der Waals surface area contributed by atoms with Crippen LogP contribution in [0.2, 0.25) is 0 Å². The summed E-state index contributed by atoms with van der Waals surface area (Å²) in [6, 6.07) is 12.0. The lowest BCUT2D eigenvalue weighted by molar-refractivity contribution is 0.0942. The number of carbonyl (C=O) groups is 1.